The lowest BCUT2D eigenvalue weighted by Gasteiger charge is -2.34. The Morgan fingerprint density at radius 2 is 1.53 bits per heavy atom. The molecule has 2 atom stereocenters. The van der Waals surface area contributed by atoms with Gasteiger partial charge in [0.1, 0.15) is 6.17 Å². The van der Waals surface area contributed by atoms with Gasteiger partial charge in [-0.2, -0.15) is 0 Å². The van der Waals surface area contributed by atoms with Crippen LogP contribution in [0.1, 0.15) is 36.6 Å². The number of benzene rings is 4. The lowest BCUT2D eigenvalue weighted by molar-refractivity contribution is 0.633. The Balaban J connectivity index is 1.34. The first-order valence-corrected chi connectivity index (χ1v) is 13.1. The van der Waals surface area contributed by atoms with Crippen LogP contribution in [0, 0.1) is 6.92 Å². The molecule has 0 saturated heterocycles. The molecule has 1 N–H and O–H groups in total. The molecule has 4 aromatic rings. The fourth-order valence-corrected chi connectivity index (χ4v) is 6.29. The van der Waals surface area contributed by atoms with Crippen LogP contribution in [-0.2, 0) is 0 Å². The number of allylic oxidation sites excluding steroid dienone is 2. The number of nitrogens with zero attached hydrogens (tertiary/aromatic N) is 1. The van der Waals surface area contributed by atoms with Gasteiger partial charge in [-0.25, -0.2) is 0 Å². The molecule has 2 unspecified atom stereocenters. The fraction of sp³-hybridized carbons (Fsp3) is 0.176. The van der Waals surface area contributed by atoms with Gasteiger partial charge in [-0.3, -0.25) is 0 Å². The van der Waals surface area contributed by atoms with Gasteiger partial charge in [0.15, 0.2) is 0 Å². The maximum absolute atomic E-state index is 3.80. The van der Waals surface area contributed by atoms with Gasteiger partial charge in [0, 0.05) is 0 Å². The van der Waals surface area contributed by atoms with Gasteiger partial charge in [-0.05, 0) is 81.8 Å². The molecule has 0 amide bonds. The number of anilines is 2. The number of nitrogens with one attached hydrogen (secondary N) is 1. The number of hydrogen-bond acceptors (Lipinski definition) is 2. The lowest BCUT2D eigenvalue weighted by atomic mass is 9.89. The van der Waals surface area contributed by atoms with E-state index in [0.29, 0.717) is 6.04 Å². The summed E-state index contributed by atoms with van der Waals surface area (Å²) in [5, 5.41) is 9.32. The smallest absolute Gasteiger partial charge is 0.126 e. The summed E-state index contributed by atoms with van der Waals surface area (Å²) in [4.78, 5) is 2.54. The summed E-state index contributed by atoms with van der Waals surface area (Å²) in [7, 11) is 0. The molecule has 3 aliphatic rings. The summed E-state index contributed by atoms with van der Waals surface area (Å²) in [6, 6.07) is 27.2. The zero-order chi connectivity index (χ0) is 24.1. The number of aryl methyl sites for hydroxylation is 1. The van der Waals surface area contributed by atoms with Crippen molar-refractivity contribution in [1.29, 1.82) is 0 Å². The quantitative estimate of drug-likeness (QED) is 0.350. The molecule has 0 aromatic heterocycles. The van der Waals surface area contributed by atoms with Gasteiger partial charge in [0.25, 0.3) is 0 Å². The highest BCUT2D eigenvalue weighted by molar-refractivity contribution is 5.99. The molecule has 0 spiro atoms. The van der Waals surface area contributed by atoms with Gasteiger partial charge in [0.2, 0.25) is 0 Å². The van der Waals surface area contributed by atoms with Crippen LogP contribution in [0.15, 0.2) is 97.1 Å². The van der Waals surface area contributed by atoms with E-state index in [9.17, 15) is 0 Å². The van der Waals surface area contributed by atoms with Crippen molar-refractivity contribution in [3.05, 3.63) is 119 Å². The number of fused-ring (bicyclic) bond motifs is 3. The summed E-state index contributed by atoms with van der Waals surface area (Å²) in [6.45, 7) is 2.27. The van der Waals surface area contributed by atoms with Gasteiger partial charge < -0.3 is 10.2 Å². The normalized spacial score (nSPS) is 19.9. The average Bonchev–Trinajstić information content (AvgIpc) is 3.34. The van der Waals surface area contributed by atoms with Crippen molar-refractivity contribution in [3.8, 4) is 11.1 Å². The highest BCUT2D eigenvalue weighted by Crippen LogP contribution is 2.43. The first kappa shape index (κ1) is 21.3. The second-order valence-electron chi connectivity index (χ2n) is 10.1. The number of hydrogen-bond donors (Lipinski definition) is 1. The van der Waals surface area contributed by atoms with Crippen LogP contribution in [0.4, 0.5) is 11.4 Å². The minimum atomic E-state index is 0.112. The molecule has 36 heavy (non-hydrogen) atoms. The number of rotatable bonds is 3. The van der Waals surface area contributed by atoms with Gasteiger partial charge in [-0.15, -0.1) is 0 Å². The molecule has 0 saturated carbocycles. The molecule has 7 rings (SSSR count). The maximum atomic E-state index is 3.80. The predicted octanol–water partition coefficient (Wildman–Crippen LogP) is 6.99. The number of para-hydroxylation sites is 2. The summed E-state index contributed by atoms with van der Waals surface area (Å²) in [6.07, 6.45) is 17.2. The summed E-state index contributed by atoms with van der Waals surface area (Å²) < 4.78 is 0. The Kier molecular flexibility index (Phi) is 5.06. The molecule has 2 nitrogen and oxygen atoms in total. The topological polar surface area (TPSA) is 15.3 Å². The van der Waals surface area contributed by atoms with Crippen molar-refractivity contribution in [2.24, 2.45) is 0 Å². The average molecular weight is 467 g/mol. The molecule has 2 aliphatic carbocycles. The third-order valence-electron chi connectivity index (χ3n) is 8.01. The van der Waals surface area contributed by atoms with Crippen molar-refractivity contribution in [3.63, 3.8) is 0 Å². The third-order valence-corrected chi connectivity index (χ3v) is 8.01. The van der Waals surface area contributed by atoms with E-state index < -0.39 is 0 Å². The fourth-order valence-electron chi connectivity index (χ4n) is 6.29. The van der Waals surface area contributed by atoms with E-state index in [1.54, 1.807) is 0 Å². The molecule has 4 aromatic carbocycles. The molecule has 2 heteroatoms. The monoisotopic (exact) mass is 466 g/mol. The zero-order valence-corrected chi connectivity index (χ0v) is 20.6. The first-order chi connectivity index (χ1) is 17.8. The lowest BCUT2D eigenvalue weighted by Crippen LogP contribution is -2.37. The van der Waals surface area contributed by atoms with E-state index in [-0.39, 0.29) is 6.17 Å². The first-order valence-electron chi connectivity index (χ1n) is 13.1. The van der Waals surface area contributed by atoms with Crippen LogP contribution in [0.25, 0.3) is 34.1 Å². The third kappa shape index (κ3) is 3.32. The summed E-state index contributed by atoms with van der Waals surface area (Å²) >= 11 is 0. The molecule has 1 heterocycles. The zero-order valence-electron chi connectivity index (χ0n) is 20.6. The van der Waals surface area contributed by atoms with Crippen LogP contribution >= 0.6 is 0 Å². The standard InChI is InChI=1S/C34H30N2/c1-23-27-13-5-7-15-29(27)33(30-16-8-6-14-28(23)30)24-19-21-25(22-20-24)34-35-31-17-9-10-18-32(31)36(34)26-11-3-2-4-12-26/h2-5,7,9-11,13-22,26,34-35H,6,8,12H2,1H3. The minimum Gasteiger partial charge on any atom is -0.360 e. The summed E-state index contributed by atoms with van der Waals surface area (Å²) in [5.74, 6) is 0. The highest BCUT2D eigenvalue weighted by atomic mass is 15.3. The molecular formula is C34H30N2. The Hall–Kier alpha value is -4.04. The molecule has 0 bridgehead atoms. The second-order valence-corrected chi connectivity index (χ2v) is 10.1. The van der Waals surface area contributed by atoms with Crippen LogP contribution in [-0.4, -0.2) is 6.04 Å². The van der Waals surface area contributed by atoms with Crippen LogP contribution in [0.3, 0.4) is 0 Å². The van der Waals surface area contributed by atoms with E-state index >= 15 is 0 Å². The van der Waals surface area contributed by atoms with Gasteiger partial charge in [-0.1, -0.05) is 97.1 Å². The Morgan fingerprint density at radius 1 is 0.778 bits per heavy atom. The molecule has 0 radical (unpaired) electrons. The van der Waals surface area contributed by atoms with Crippen molar-refractivity contribution in [1.82, 2.24) is 0 Å². The molecule has 0 fully saturated rings. The van der Waals surface area contributed by atoms with E-state index in [4.69, 9.17) is 0 Å². The molecule has 176 valence electrons. The predicted molar refractivity (Wildman–Crippen MR) is 154 cm³/mol. The van der Waals surface area contributed by atoms with E-state index in [1.165, 1.54) is 54.8 Å². The Morgan fingerprint density at radius 3 is 2.33 bits per heavy atom. The van der Waals surface area contributed by atoms with E-state index in [1.807, 2.05) is 0 Å². The van der Waals surface area contributed by atoms with Crippen LogP contribution in [0.5, 0.6) is 0 Å². The molecular weight excluding hydrogens is 436 g/mol. The van der Waals surface area contributed by atoms with Crippen LogP contribution in [0.2, 0.25) is 0 Å². The largest absolute Gasteiger partial charge is 0.360 e. The maximum Gasteiger partial charge on any atom is 0.126 e. The Bertz CT molecular complexity index is 1660. The van der Waals surface area contributed by atoms with Crippen molar-refractivity contribution >= 4 is 34.3 Å². The van der Waals surface area contributed by atoms with Crippen molar-refractivity contribution in [2.75, 3.05) is 10.2 Å². The van der Waals surface area contributed by atoms with Gasteiger partial charge >= 0.3 is 0 Å². The minimum absolute atomic E-state index is 0.112. The van der Waals surface area contributed by atoms with Crippen molar-refractivity contribution < 1.29 is 0 Å². The van der Waals surface area contributed by atoms with Gasteiger partial charge in [0.05, 0.1) is 17.4 Å². The summed E-state index contributed by atoms with van der Waals surface area (Å²) in [5.41, 5.74) is 7.83. The Labute approximate surface area is 212 Å². The van der Waals surface area contributed by atoms with Crippen LogP contribution < -0.4 is 20.7 Å². The SMILES string of the molecule is Cc1c2c(c(-c3ccc(C4Nc5ccccc5N4C4C=CC=CC4)cc3)c3ccccc13)=CCCC=2. The second kappa shape index (κ2) is 8.57. The van der Waals surface area contributed by atoms with Crippen molar-refractivity contribution in [2.45, 2.75) is 38.4 Å². The molecule has 1 aliphatic heterocycles. The van der Waals surface area contributed by atoms with E-state index in [0.717, 1.165) is 19.3 Å². The highest BCUT2D eigenvalue weighted by Gasteiger charge is 2.33. The van der Waals surface area contributed by atoms with E-state index in [2.05, 4.69) is 126 Å².